The van der Waals surface area contributed by atoms with Gasteiger partial charge in [-0.25, -0.2) is 0 Å². The van der Waals surface area contributed by atoms with Crippen LogP contribution >= 0.6 is 11.8 Å². The van der Waals surface area contributed by atoms with Crippen LogP contribution in [0.3, 0.4) is 0 Å². The lowest BCUT2D eigenvalue weighted by molar-refractivity contribution is 0.0985. The minimum atomic E-state index is 0.0131. The number of benzene rings is 2. The molecule has 0 unspecified atom stereocenters. The molecule has 0 radical (unpaired) electrons. The largest absolute Gasteiger partial charge is 0.332 e. The summed E-state index contributed by atoms with van der Waals surface area (Å²) in [5.41, 5.74) is 3.06. The third-order valence-corrected chi connectivity index (χ3v) is 5.84. The zero-order chi connectivity index (χ0) is 19.8. The Labute approximate surface area is 171 Å². The Balaban J connectivity index is 1.58. The molecule has 0 bridgehead atoms. The van der Waals surface area contributed by atoms with E-state index in [1.54, 1.807) is 22.9 Å². The number of hydrogen-bond acceptors (Lipinski definition) is 6. The van der Waals surface area contributed by atoms with E-state index in [2.05, 4.69) is 15.1 Å². The Morgan fingerprint density at radius 2 is 1.90 bits per heavy atom. The van der Waals surface area contributed by atoms with Gasteiger partial charge in [0.15, 0.2) is 0 Å². The third kappa shape index (κ3) is 3.09. The molecule has 142 valence electrons. The highest BCUT2D eigenvalue weighted by Crippen LogP contribution is 2.42. The molecule has 1 aliphatic rings. The molecule has 3 heterocycles. The first-order valence-corrected chi connectivity index (χ1v) is 10.0. The molecule has 0 saturated carbocycles. The number of aromatic nitrogens is 3. The third-order valence-electron chi connectivity index (χ3n) is 4.72. The molecule has 29 heavy (non-hydrogen) atoms. The summed E-state index contributed by atoms with van der Waals surface area (Å²) in [5, 5.41) is 4.12. The number of anilines is 1. The van der Waals surface area contributed by atoms with Crippen LogP contribution in [0.1, 0.15) is 17.3 Å². The minimum absolute atomic E-state index is 0.0131. The number of hydrogen-bond donors (Lipinski definition) is 0. The lowest BCUT2D eigenvalue weighted by atomic mass is 10.1. The number of fused-ring (bicyclic) bond motifs is 2. The van der Waals surface area contributed by atoms with Crippen molar-refractivity contribution in [1.29, 1.82) is 0 Å². The summed E-state index contributed by atoms with van der Waals surface area (Å²) in [6.45, 7) is 2.57. The van der Waals surface area contributed by atoms with Crippen molar-refractivity contribution in [2.45, 2.75) is 16.7 Å². The van der Waals surface area contributed by atoms with Crippen LogP contribution in [0.25, 0.3) is 23.0 Å². The maximum atomic E-state index is 13.0. The normalized spacial score (nSPS) is 13.0. The number of rotatable bonds is 3. The number of nitrogens with zero attached hydrogens (tertiary/aromatic N) is 4. The highest BCUT2D eigenvalue weighted by Gasteiger charge is 2.26. The minimum Gasteiger partial charge on any atom is -0.332 e. The van der Waals surface area contributed by atoms with E-state index in [1.807, 2.05) is 67.6 Å². The van der Waals surface area contributed by atoms with Crippen LogP contribution in [0.2, 0.25) is 0 Å². The topological polar surface area (TPSA) is 72.1 Å². The summed E-state index contributed by atoms with van der Waals surface area (Å²) < 4.78 is 5.39. The van der Waals surface area contributed by atoms with Gasteiger partial charge in [-0.1, -0.05) is 35.1 Å². The van der Waals surface area contributed by atoms with E-state index in [0.29, 0.717) is 29.5 Å². The molecular weight excluding hydrogens is 384 g/mol. The Kier molecular flexibility index (Phi) is 4.37. The molecule has 0 aliphatic carbocycles. The Bertz CT molecular complexity index is 1210. The SMILES string of the molecule is CCN1C(=O)c2ccccc2Sc2cc(-c3noc(-c4ccccn4)n3)ccc21. The molecule has 0 fully saturated rings. The molecule has 0 N–H and O–H groups in total. The molecule has 4 aromatic rings. The molecule has 1 amide bonds. The van der Waals surface area contributed by atoms with Gasteiger partial charge in [-0.15, -0.1) is 0 Å². The maximum absolute atomic E-state index is 13.0. The van der Waals surface area contributed by atoms with Crippen LogP contribution in [-0.4, -0.2) is 27.6 Å². The fourth-order valence-corrected chi connectivity index (χ4v) is 4.43. The Morgan fingerprint density at radius 1 is 1.03 bits per heavy atom. The highest BCUT2D eigenvalue weighted by molar-refractivity contribution is 7.99. The summed E-state index contributed by atoms with van der Waals surface area (Å²) in [6, 6.07) is 19.1. The predicted octanol–water partition coefficient (Wildman–Crippen LogP) is 4.93. The van der Waals surface area contributed by atoms with Crippen LogP contribution in [0, 0.1) is 0 Å². The van der Waals surface area contributed by atoms with E-state index < -0.39 is 0 Å². The zero-order valence-electron chi connectivity index (χ0n) is 15.6. The van der Waals surface area contributed by atoms with Gasteiger partial charge >= 0.3 is 0 Å². The quantitative estimate of drug-likeness (QED) is 0.486. The second-order valence-corrected chi connectivity index (χ2v) is 7.55. The van der Waals surface area contributed by atoms with Gasteiger partial charge in [0.25, 0.3) is 11.8 Å². The second-order valence-electron chi connectivity index (χ2n) is 6.47. The van der Waals surface area contributed by atoms with Gasteiger partial charge in [-0.3, -0.25) is 9.78 Å². The molecule has 0 saturated heterocycles. The lowest BCUT2D eigenvalue weighted by Crippen LogP contribution is -2.30. The summed E-state index contributed by atoms with van der Waals surface area (Å²) in [7, 11) is 0. The molecule has 5 rings (SSSR count). The van der Waals surface area contributed by atoms with Gasteiger partial charge in [-0.2, -0.15) is 4.98 Å². The van der Waals surface area contributed by atoms with Crippen LogP contribution in [0.15, 0.2) is 81.2 Å². The van der Waals surface area contributed by atoms with Crippen molar-refractivity contribution in [3.63, 3.8) is 0 Å². The van der Waals surface area contributed by atoms with Crippen molar-refractivity contribution in [2.24, 2.45) is 0 Å². The van der Waals surface area contributed by atoms with Crippen LogP contribution in [0.4, 0.5) is 5.69 Å². The van der Waals surface area contributed by atoms with Crippen molar-refractivity contribution < 1.29 is 9.32 Å². The zero-order valence-corrected chi connectivity index (χ0v) is 16.4. The summed E-state index contributed by atoms with van der Waals surface area (Å²) in [6.07, 6.45) is 1.69. The van der Waals surface area contributed by atoms with Gasteiger partial charge in [0, 0.05) is 28.1 Å². The Hall–Kier alpha value is -3.45. The molecule has 7 heteroatoms. The monoisotopic (exact) mass is 400 g/mol. The van der Waals surface area contributed by atoms with E-state index in [4.69, 9.17) is 4.52 Å². The first kappa shape index (κ1) is 17.6. The van der Waals surface area contributed by atoms with E-state index in [1.165, 1.54) is 0 Å². The van der Waals surface area contributed by atoms with Gasteiger partial charge in [0.1, 0.15) is 5.69 Å². The Morgan fingerprint density at radius 3 is 2.72 bits per heavy atom. The summed E-state index contributed by atoms with van der Waals surface area (Å²) >= 11 is 1.58. The van der Waals surface area contributed by atoms with E-state index in [9.17, 15) is 4.79 Å². The molecule has 0 atom stereocenters. The highest BCUT2D eigenvalue weighted by atomic mass is 32.2. The van der Waals surface area contributed by atoms with Gasteiger partial charge in [0.2, 0.25) is 5.82 Å². The fourth-order valence-electron chi connectivity index (χ4n) is 3.31. The van der Waals surface area contributed by atoms with Crippen LogP contribution in [-0.2, 0) is 0 Å². The predicted molar refractivity (Wildman–Crippen MR) is 111 cm³/mol. The van der Waals surface area contributed by atoms with Crippen LogP contribution in [0.5, 0.6) is 0 Å². The molecule has 6 nitrogen and oxygen atoms in total. The second kappa shape index (κ2) is 7.18. The number of pyridine rings is 1. The average molecular weight is 400 g/mol. The number of carbonyl (C=O) groups is 1. The number of amides is 1. The average Bonchev–Trinajstić information content (AvgIpc) is 3.22. The molecular formula is C22H16N4O2S. The van der Waals surface area contributed by atoms with Crippen molar-refractivity contribution in [2.75, 3.05) is 11.4 Å². The van der Waals surface area contributed by atoms with Gasteiger partial charge in [0.05, 0.1) is 11.3 Å². The lowest BCUT2D eigenvalue weighted by Gasteiger charge is -2.21. The van der Waals surface area contributed by atoms with Crippen molar-refractivity contribution in [3.05, 3.63) is 72.4 Å². The summed E-state index contributed by atoms with van der Waals surface area (Å²) in [4.78, 5) is 25.5. The fraction of sp³-hybridized carbons (Fsp3) is 0.0909. The standard InChI is InChI=1S/C22H16N4O2S/c1-2-26-17-11-10-14(20-24-21(28-25-20)16-8-5-6-12-23-16)13-19(17)29-18-9-4-3-7-15(18)22(26)27/h3-13H,2H2,1H3. The van der Waals surface area contributed by atoms with Crippen molar-refractivity contribution in [1.82, 2.24) is 15.1 Å². The summed E-state index contributed by atoms with van der Waals surface area (Å²) in [5.74, 6) is 0.874. The first-order chi connectivity index (χ1) is 14.2. The van der Waals surface area contributed by atoms with Crippen molar-refractivity contribution in [3.8, 4) is 23.0 Å². The number of carbonyl (C=O) groups excluding carboxylic acids is 1. The first-order valence-electron chi connectivity index (χ1n) is 9.23. The van der Waals surface area contributed by atoms with Gasteiger partial charge < -0.3 is 9.42 Å². The van der Waals surface area contributed by atoms with Gasteiger partial charge in [-0.05, 0) is 49.4 Å². The van der Waals surface area contributed by atoms with Crippen LogP contribution < -0.4 is 4.90 Å². The maximum Gasteiger partial charge on any atom is 0.276 e. The van der Waals surface area contributed by atoms with E-state index in [-0.39, 0.29) is 5.91 Å². The molecule has 0 spiro atoms. The molecule has 2 aromatic carbocycles. The van der Waals surface area contributed by atoms with E-state index >= 15 is 0 Å². The van der Waals surface area contributed by atoms with Crippen molar-refractivity contribution >= 4 is 23.4 Å². The smallest absolute Gasteiger partial charge is 0.276 e. The molecule has 1 aliphatic heterocycles. The molecule has 2 aromatic heterocycles. The van der Waals surface area contributed by atoms with E-state index in [0.717, 1.165) is 21.0 Å².